The maximum atomic E-state index is 11.9. The van der Waals surface area contributed by atoms with Crippen molar-refractivity contribution in [1.29, 1.82) is 0 Å². The molecule has 0 fully saturated rings. The fourth-order valence-electron chi connectivity index (χ4n) is 2.13. The number of phenols is 1. The number of aromatic hydroxyl groups is 1. The van der Waals surface area contributed by atoms with Gasteiger partial charge in [-0.1, -0.05) is 11.6 Å². The third kappa shape index (κ3) is 1.56. The lowest BCUT2D eigenvalue weighted by Gasteiger charge is -2.06. The number of hydrogen-bond acceptors (Lipinski definition) is 3. The fraction of sp³-hybridized carbons (Fsp3) is 0.0714. The number of aryl methyl sites for hydroxylation is 1. The average molecular weight is 261 g/mol. The summed E-state index contributed by atoms with van der Waals surface area (Å²) in [6.07, 6.45) is 0. The average Bonchev–Trinajstić information content (AvgIpc) is 2.29. The number of phenolic OH excluding ortho intramolecular Hbond substituents is 1. The van der Waals surface area contributed by atoms with Crippen LogP contribution in [0.3, 0.4) is 0 Å². The highest BCUT2D eigenvalue weighted by Gasteiger charge is 2.11. The SMILES string of the molecule is Cc1cc(Cl)c2c(c1)c(=O)oc1cc(O)ccc12. The molecule has 0 atom stereocenters. The van der Waals surface area contributed by atoms with Crippen molar-refractivity contribution in [3.05, 3.63) is 51.3 Å². The lowest BCUT2D eigenvalue weighted by atomic mass is 10.1. The van der Waals surface area contributed by atoms with Crippen LogP contribution in [0.2, 0.25) is 5.02 Å². The van der Waals surface area contributed by atoms with E-state index in [0.29, 0.717) is 26.8 Å². The minimum Gasteiger partial charge on any atom is -0.508 e. The maximum absolute atomic E-state index is 11.9. The van der Waals surface area contributed by atoms with E-state index in [9.17, 15) is 9.90 Å². The van der Waals surface area contributed by atoms with Gasteiger partial charge >= 0.3 is 5.63 Å². The third-order valence-corrected chi connectivity index (χ3v) is 3.19. The van der Waals surface area contributed by atoms with Crippen LogP contribution in [0.15, 0.2) is 39.5 Å². The number of fused-ring (bicyclic) bond motifs is 3. The van der Waals surface area contributed by atoms with Gasteiger partial charge in [-0.2, -0.15) is 0 Å². The Morgan fingerprint density at radius 1 is 1.17 bits per heavy atom. The van der Waals surface area contributed by atoms with Gasteiger partial charge in [0.2, 0.25) is 0 Å². The van der Waals surface area contributed by atoms with Crippen molar-refractivity contribution in [3.63, 3.8) is 0 Å². The third-order valence-electron chi connectivity index (χ3n) is 2.89. The first-order valence-electron chi connectivity index (χ1n) is 5.42. The molecule has 90 valence electrons. The molecule has 1 N–H and O–H groups in total. The van der Waals surface area contributed by atoms with Crippen LogP contribution in [0.4, 0.5) is 0 Å². The molecule has 0 saturated heterocycles. The first kappa shape index (κ1) is 11.1. The minimum atomic E-state index is -0.450. The van der Waals surface area contributed by atoms with Gasteiger partial charge in [-0.3, -0.25) is 0 Å². The molecule has 0 unspecified atom stereocenters. The van der Waals surface area contributed by atoms with Crippen LogP contribution in [0.5, 0.6) is 5.75 Å². The molecule has 0 bridgehead atoms. The summed E-state index contributed by atoms with van der Waals surface area (Å²) in [6, 6.07) is 8.19. The van der Waals surface area contributed by atoms with E-state index in [4.69, 9.17) is 16.0 Å². The Morgan fingerprint density at radius 3 is 2.72 bits per heavy atom. The Balaban J connectivity index is 2.65. The van der Waals surface area contributed by atoms with Gasteiger partial charge in [0.1, 0.15) is 11.3 Å². The van der Waals surface area contributed by atoms with Gasteiger partial charge in [0.05, 0.1) is 5.39 Å². The topological polar surface area (TPSA) is 50.4 Å². The first-order valence-corrected chi connectivity index (χ1v) is 5.80. The van der Waals surface area contributed by atoms with Crippen molar-refractivity contribution in [3.8, 4) is 5.75 Å². The summed E-state index contributed by atoms with van der Waals surface area (Å²) < 4.78 is 5.19. The molecule has 3 aromatic rings. The van der Waals surface area contributed by atoms with Crippen LogP contribution in [-0.4, -0.2) is 5.11 Å². The van der Waals surface area contributed by atoms with Crippen molar-refractivity contribution < 1.29 is 9.52 Å². The Kier molecular flexibility index (Phi) is 2.31. The zero-order valence-corrected chi connectivity index (χ0v) is 10.3. The summed E-state index contributed by atoms with van der Waals surface area (Å²) >= 11 is 6.21. The highest BCUT2D eigenvalue weighted by molar-refractivity contribution is 6.37. The van der Waals surface area contributed by atoms with E-state index >= 15 is 0 Å². The first-order chi connectivity index (χ1) is 8.56. The van der Waals surface area contributed by atoms with E-state index < -0.39 is 5.63 Å². The van der Waals surface area contributed by atoms with Gasteiger partial charge in [0.25, 0.3) is 0 Å². The van der Waals surface area contributed by atoms with Crippen molar-refractivity contribution in [2.24, 2.45) is 0 Å². The molecule has 18 heavy (non-hydrogen) atoms. The van der Waals surface area contributed by atoms with Gasteiger partial charge in [-0.25, -0.2) is 4.79 Å². The lowest BCUT2D eigenvalue weighted by Crippen LogP contribution is -2.00. The second-order valence-electron chi connectivity index (χ2n) is 4.24. The molecular formula is C14H9ClO3. The smallest absolute Gasteiger partial charge is 0.344 e. The molecule has 0 amide bonds. The Bertz CT molecular complexity index is 834. The fourth-order valence-corrected chi connectivity index (χ4v) is 2.51. The standard InChI is InChI=1S/C14H9ClO3/c1-7-4-10-13(11(15)5-7)9-3-2-8(16)6-12(9)18-14(10)17/h2-6,16H,1H3. The summed E-state index contributed by atoms with van der Waals surface area (Å²) in [5, 5.41) is 11.8. The van der Waals surface area contributed by atoms with Crippen LogP contribution in [0, 0.1) is 6.92 Å². The molecular weight excluding hydrogens is 252 g/mol. The van der Waals surface area contributed by atoms with Crippen molar-refractivity contribution in [2.75, 3.05) is 0 Å². The number of halogens is 1. The number of benzene rings is 2. The van der Waals surface area contributed by atoms with Gasteiger partial charge < -0.3 is 9.52 Å². The highest BCUT2D eigenvalue weighted by atomic mass is 35.5. The van der Waals surface area contributed by atoms with E-state index in [1.807, 2.05) is 6.92 Å². The summed E-state index contributed by atoms with van der Waals surface area (Å²) in [4.78, 5) is 11.9. The van der Waals surface area contributed by atoms with Crippen molar-refractivity contribution >= 4 is 33.3 Å². The van der Waals surface area contributed by atoms with E-state index in [0.717, 1.165) is 5.56 Å². The predicted octanol–water partition coefficient (Wildman–Crippen LogP) is 3.61. The second kappa shape index (κ2) is 3.75. The largest absolute Gasteiger partial charge is 0.508 e. The lowest BCUT2D eigenvalue weighted by molar-refractivity contribution is 0.473. The molecule has 0 saturated carbocycles. The molecule has 0 aliphatic carbocycles. The summed E-state index contributed by atoms with van der Waals surface area (Å²) in [5.74, 6) is 0.0493. The maximum Gasteiger partial charge on any atom is 0.344 e. The van der Waals surface area contributed by atoms with Crippen LogP contribution in [-0.2, 0) is 0 Å². The Hall–Kier alpha value is -2.00. The number of hydrogen-bond donors (Lipinski definition) is 1. The highest BCUT2D eigenvalue weighted by Crippen LogP contribution is 2.31. The summed E-state index contributed by atoms with van der Waals surface area (Å²) in [6.45, 7) is 1.87. The van der Waals surface area contributed by atoms with Crippen molar-refractivity contribution in [2.45, 2.75) is 6.92 Å². The summed E-state index contributed by atoms with van der Waals surface area (Å²) in [7, 11) is 0. The molecule has 3 rings (SSSR count). The monoisotopic (exact) mass is 260 g/mol. The summed E-state index contributed by atoms with van der Waals surface area (Å²) in [5.41, 5.74) is 0.782. The van der Waals surface area contributed by atoms with Crippen molar-refractivity contribution in [1.82, 2.24) is 0 Å². The predicted molar refractivity (Wildman–Crippen MR) is 71.4 cm³/mol. The zero-order chi connectivity index (χ0) is 12.9. The molecule has 4 heteroatoms. The van der Waals surface area contributed by atoms with E-state index in [-0.39, 0.29) is 5.75 Å². The van der Waals surface area contributed by atoms with Gasteiger partial charge in [-0.15, -0.1) is 0 Å². The molecule has 2 aromatic carbocycles. The normalized spacial score (nSPS) is 11.2. The van der Waals surface area contributed by atoms with Crippen LogP contribution in [0.1, 0.15) is 5.56 Å². The molecule has 0 aliphatic heterocycles. The molecule has 0 spiro atoms. The van der Waals surface area contributed by atoms with Crippen LogP contribution < -0.4 is 5.63 Å². The molecule has 3 nitrogen and oxygen atoms in total. The van der Waals surface area contributed by atoms with Crippen LogP contribution in [0.25, 0.3) is 21.7 Å². The Labute approximate surface area is 107 Å². The van der Waals surface area contributed by atoms with Crippen LogP contribution >= 0.6 is 11.6 Å². The zero-order valence-electron chi connectivity index (χ0n) is 9.53. The molecule has 0 aliphatic rings. The Morgan fingerprint density at radius 2 is 1.94 bits per heavy atom. The second-order valence-corrected chi connectivity index (χ2v) is 4.65. The van der Waals surface area contributed by atoms with E-state index in [1.165, 1.54) is 12.1 Å². The van der Waals surface area contributed by atoms with Gasteiger partial charge in [-0.05, 0) is 36.8 Å². The van der Waals surface area contributed by atoms with Gasteiger partial charge in [0, 0.05) is 21.9 Å². The molecule has 1 heterocycles. The van der Waals surface area contributed by atoms with E-state index in [2.05, 4.69) is 0 Å². The van der Waals surface area contributed by atoms with E-state index in [1.54, 1.807) is 18.2 Å². The van der Waals surface area contributed by atoms with Gasteiger partial charge in [0.15, 0.2) is 0 Å². The quantitative estimate of drug-likeness (QED) is 0.496. The minimum absolute atomic E-state index is 0.0493. The number of rotatable bonds is 0. The molecule has 0 radical (unpaired) electrons. The molecule has 1 aromatic heterocycles.